The van der Waals surface area contributed by atoms with Gasteiger partial charge in [0, 0.05) is 32.1 Å². The van der Waals surface area contributed by atoms with E-state index in [0.717, 1.165) is 42.6 Å². The van der Waals surface area contributed by atoms with Gasteiger partial charge in [-0.15, -0.1) is 0 Å². The van der Waals surface area contributed by atoms with Gasteiger partial charge in [0.25, 0.3) is 5.91 Å². The zero-order valence-corrected chi connectivity index (χ0v) is 14.8. The quantitative estimate of drug-likeness (QED) is 0.824. The molecule has 0 atom stereocenters. The van der Waals surface area contributed by atoms with Crippen LogP contribution in [0.2, 0.25) is 0 Å². The van der Waals surface area contributed by atoms with Gasteiger partial charge in [-0.1, -0.05) is 0 Å². The minimum absolute atomic E-state index is 0.0498. The second kappa shape index (κ2) is 7.41. The first-order chi connectivity index (χ1) is 12.1. The Balaban J connectivity index is 1.63. The smallest absolute Gasteiger partial charge is 0.319 e. The summed E-state index contributed by atoms with van der Waals surface area (Å²) in [4.78, 5) is 26.1. The number of nitrogens with zero attached hydrogens (tertiary/aromatic N) is 1. The molecule has 0 spiro atoms. The molecule has 0 saturated heterocycles. The van der Waals surface area contributed by atoms with Crippen molar-refractivity contribution in [3.63, 3.8) is 0 Å². The first kappa shape index (κ1) is 17.7. The van der Waals surface area contributed by atoms with E-state index in [1.807, 2.05) is 18.2 Å². The lowest BCUT2D eigenvalue weighted by Crippen LogP contribution is -2.57. The molecule has 3 amide bonds. The van der Waals surface area contributed by atoms with Crippen molar-refractivity contribution in [1.82, 2.24) is 5.32 Å². The number of benzene rings is 1. The number of methoxy groups -OCH3 is 2. The van der Waals surface area contributed by atoms with Gasteiger partial charge >= 0.3 is 6.03 Å². The number of hydrogen-bond acceptors (Lipinski definition) is 4. The van der Waals surface area contributed by atoms with Gasteiger partial charge in [0.05, 0.1) is 12.1 Å². The highest BCUT2D eigenvalue weighted by atomic mass is 16.5. The Morgan fingerprint density at radius 1 is 1.24 bits per heavy atom. The number of anilines is 2. The Labute approximate surface area is 147 Å². The number of ether oxygens (including phenoxy) is 2. The average molecular weight is 347 g/mol. The summed E-state index contributed by atoms with van der Waals surface area (Å²) < 4.78 is 10.1. The minimum atomic E-state index is -0.237. The number of rotatable bonds is 6. The highest BCUT2D eigenvalue weighted by Crippen LogP contribution is 2.33. The monoisotopic (exact) mass is 347 g/mol. The van der Waals surface area contributed by atoms with Crippen molar-refractivity contribution in [2.45, 2.75) is 31.2 Å². The number of hydrogen-bond donors (Lipinski definition) is 2. The van der Waals surface area contributed by atoms with E-state index in [9.17, 15) is 9.59 Å². The van der Waals surface area contributed by atoms with E-state index in [1.165, 1.54) is 7.11 Å². The molecule has 0 bridgehead atoms. The lowest BCUT2D eigenvalue weighted by Gasteiger charge is -2.41. The largest absolute Gasteiger partial charge is 0.382 e. The molecule has 0 radical (unpaired) electrons. The summed E-state index contributed by atoms with van der Waals surface area (Å²) in [6.45, 7) is 1.24. The van der Waals surface area contributed by atoms with Crippen LogP contribution in [0.4, 0.5) is 16.2 Å². The molecule has 1 aromatic rings. The van der Waals surface area contributed by atoms with Crippen molar-refractivity contribution in [2.24, 2.45) is 0 Å². The van der Waals surface area contributed by atoms with Crippen LogP contribution >= 0.6 is 0 Å². The Hall–Kier alpha value is -2.12. The molecule has 1 fully saturated rings. The van der Waals surface area contributed by atoms with Gasteiger partial charge in [0.2, 0.25) is 0 Å². The SMILES string of the molecule is COCC(=O)N1CCc2cc(NC(=O)NC3(COC)CCC3)ccc21. The Bertz CT molecular complexity index is 658. The van der Waals surface area contributed by atoms with Crippen LogP contribution in [0.5, 0.6) is 0 Å². The van der Waals surface area contributed by atoms with Gasteiger partial charge in [-0.2, -0.15) is 0 Å². The number of fused-ring (bicyclic) bond motifs is 1. The maximum Gasteiger partial charge on any atom is 0.319 e. The molecule has 1 aliphatic heterocycles. The van der Waals surface area contributed by atoms with Crippen molar-refractivity contribution in [3.05, 3.63) is 23.8 Å². The van der Waals surface area contributed by atoms with Crippen LogP contribution in [0, 0.1) is 0 Å². The molecule has 2 N–H and O–H groups in total. The fraction of sp³-hybridized carbons (Fsp3) is 0.556. The Kier molecular flexibility index (Phi) is 5.24. The topological polar surface area (TPSA) is 79.9 Å². The summed E-state index contributed by atoms with van der Waals surface area (Å²) in [5.41, 5.74) is 2.43. The zero-order chi connectivity index (χ0) is 17.9. The van der Waals surface area contributed by atoms with E-state index in [0.29, 0.717) is 13.2 Å². The number of carbonyl (C=O) groups excluding carboxylic acids is 2. The summed E-state index contributed by atoms with van der Waals surface area (Å²) >= 11 is 0. The number of amides is 3. The van der Waals surface area contributed by atoms with Crippen LogP contribution in [-0.2, 0) is 20.7 Å². The maximum atomic E-state index is 12.3. The second-order valence-corrected chi connectivity index (χ2v) is 6.72. The van der Waals surface area contributed by atoms with Crippen LogP contribution in [0.3, 0.4) is 0 Å². The first-order valence-electron chi connectivity index (χ1n) is 8.57. The number of carbonyl (C=O) groups is 2. The van der Waals surface area contributed by atoms with Crippen molar-refractivity contribution >= 4 is 23.3 Å². The molecule has 1 saturated carbocycles. The molecule has 2 aliphatic rings. The van der Waals surface area contributed by atoms with E-state index in [2.05, 4.69) is 10.6 Å². The highest BCUT2D eigenvalue weighted by Gasteiger charge is 2.38. The van der Waals surface area contributed by atoms with E-state index in [1.54, 1.807) is 12.0 Å². The summed E-state index contributed by atoms with van der Waals surface area (Å²) in [5.74, 6) is -0.0498. The van der Waals surface area contributed by atoms with Crippen molar-refractivity contribution in [3.8, 4) is 0 Å². The third-order valence-electron chi connectivity index (χ3n) is 4.91. The standard InChI is InChI=1S/C18H25N3O4/c1-24-11-16(22)21-9-6-13-10-14(4-5-15(13)21)19-17(23)20-18(12-25-2)7-3-8-18/h4-5,10H,3,6-9,11-12H2,1-2H3,(H2,19,20,23). The second-order valence-electron chi connectivity index (χ2n) is 6.72. The highest BCUT2D eigenvalue weighted by molar-refractivity contribution is 5.97. The Morgan fingerprint density at radius 3 is 2.68 bits per heavy atom. The van der Waals surface area contributed by atoms with Crippen molar-refractivity contribution in [1.29, 1.82) is 0 Å². The van der Waals surface area contributed by atoms with Gasteiger partial charge in [-0.25, -0.2) is 4.79 Å². The molecule has 3 rings (SSSR count). The van der Waals surface area contributed by atoms with Gasteiger partial charge in [-0.05, 0) is 49.4 Å². The summed E-state index contributed by atoms with van der Waals surface area (Å²) in [7, 11) is 3.16. The number of urea groups is 1. The van der Waals surface area contributed by atoms with E-state index < -0.39 is 0 Å². The van der Waals surface area contributed by atoms with Crippen LogP contribution in [0.1, 0.15) is 24.8 Å². The van der Waals surface area contributed by atoms with Gasteiger partial charge in [0.15, 0.2) is 0 Å². The fourth-order valence-corrected chi connectivity index (χ4v) is 3.53. The molecule has 136 valence electrons. The molecule has 0 aromatic heterocycles. The molecular formula is C18H25N3O4. The number of nitrogens with one attached hydrogen (secondary N) is 2. The minimum Gasteiger partial charge on any atom is -0.382 e. The predicted molar refractivity (Wildman–Crippen MR) is 95.0 cm³/mol. The summed E-state index contributed by atoms with van der Waals surface area (Å²) in [5, 5.41) is 5.92. The summed E-state index contributed by atoms with van der Waals surface area (Å²) in [6.07, 6.45) is 3.76. The van der Waals surface area contributed by atoms with E-state index in [4.69, 9.17) is 9.47 Å². The molecular weight excluding hydrogens is 322 g/mol. The first-order valence-corrected chi connectivity index (χ1v) is 8.57. The van der Waals surface area contributed by atoms with Crippen molar-refractivity contribution < 1.29 is 19.1 Å². The lowest BCUT2D eigenvalue weighted by atomic mass is 9.77. The van der Waals surface area contributed by atoms with Crippen LogP contribution < -0.4 is 15.5 Å². The zero-order valence-electron chi connectivity index (χ0n) is 14.8. The van der Waals surface area contributed by atoms with Gasteiger partial charge in [-0.3, -0.25) is 4.79 Å². The van der Waals surface area contributed by atoms with Crippen LogP contribution in [-0.4, -0.2) is 51.5 Å². The molecule has 0 unspecified atom stereocenters. The molecule has 7 nitrogen and oxygen atoms in total. The molecule has 1 aromatic carbocycles. The van der Waals surface area contributed by atoms with Gasteiger partial charge in [0.1, 0.15) is 6.61 Å². The van der Waals surface area contributed by atoms with Crippen LogP contribution in [0.15, 0.2) is 18.2 Å². The lowest BCUT2D eigenvalue weighted by molar-refractivity contribution is -0.122. The third kappa shape index (κ3) is 3.77. The third-order valence-corrected chi connectivity index (χ3v) is 4.91. The Morgan fingerprint density at radius 2 is 2.04 bits per heavy atom. The molecule has 25 heavy (non-hydrogen) atoms. The molecule has 1 heterocycles. The van der Waals surface area contributed by atoms with E-state index >= 15 is 0 Å². The maximum absolute atomic E-state index is 12.3. The normalized spacial score (nSPS) is 17.6. The average Bonchev–Trinajstić information content (AvgIpc) is 2.96. The van der Waals surface area contributed by atoms with Crippen molar-refractivity contribution in [2.75, 3.05) is 44.2 Å². The molecule has 7 heteroatoms. The fourth-order valence-electron chi connectivity index (χ4n) is 3.53. The van der Waals surface area contributed by atoms with E-state index in [-0.39, 0.29) is 24.1 Å². The predicted octanol–water partition coefficient (Wildman–Crippen LogP) is 1.91. The molecule has 1 aliphatic carbocycles. The van der Waals surface area contributed by atoms with Gasteiger partial charge < -0.3 is 25.0 Å². The van der Waals surface area contributed by atoms with Crippen LogP contribution in [0.25, 0.3) is 0 Å². The summed E-state index contributed by atoms with van der Waals surface area (Å²) in [6, 6.07) is 5.40.